The Morgan fingerprint density at radius 1 is 1.09 bits per heavy atom. The highest BCUT2D eigenvalue weighted by Gasteiger charge is 2.15. The average molecular weight is 471 g/mol. The lowest BCUT2D eigenvalue weighted by molar-refractivity contribution is -0.150. The molecule has 1 aromatic heterocycles. The van der Waals surface area contributed by atoms with Gasteiger partial charge in [-0.1, -0.05) is 5.16 Å². The molecule has 0 bridgehead atoms. The van der Waals surface area contributed by atoms with Crippen molar-refractivity contribution < 1.29 is 33.3 Å². The lowest BCUT2D eigenvalue weighted by Crippen LogP contribution is -2.11. The summed E-state index contributed by atoms with van der Waals surface area (Å²) in [6, 6.07) is 11.0. The molecule has 0 radical (unpaired) electrons. The molecule has 10 heteroatoms. The lowest BCUT2D eigenvalue weighted by atomic mass is 10.1. The maximum Gasteiger partial charge on any atom is 0.347 e. The zero-order valence-electron chi connectivity index (χ0n) is 18.3. The fourth-order valence-electron chi connectivity index (χ4n) is 3.03. The number of thiazole rings is 1. The van der Waals surface area contributed by atoms with E-state index in [0.29, 0.717) is 34.4 Å². The van der Waals surface area contributed by atoms with Gasteiger partial charge in [0, 0.05) is 16.5 Å². The number of carbonyl (C=O) groups excluding carboxylic acids is 1. The molecule has 0 saturated heterocycles. The molecule has 9 nitrogen and oxygen atoms in total. The monoisotopic (exact) mass is 470 g/mol. The Bertz CT molecular complexity index is 1180. The topological polar surface area (TPSA) is 97.7 Å². The summed E-state index contributed by atoms with van der Waals surface area (Å²) in [5.41, 5.74) is 2.92. The normalized spacial score (nSPS) is 12.4. The zero-order valence-corrected chi connectivity index (χ0v) is 19.1. The predicted molar refractivity (Wildman–Crippen MR) is 121 cm³/mol. The van der Waals surface area contributed by atoms with Crippen molar-refractivity contribution in [1.82, 2.24) is 4.98 Å². The van der Waals surface area contributed by atoms with Gasteiger partial charge in [-0.3, -0.25) is 0 Å². The Balaban J connectivity index is 1.27. The van der Waals surface area contributed by atoms with Crippen LogP contribution in [0.2, 0.25) is 0 Å². The van der Waals surface area contributed by atoms with Crippen molar-refractivity contribution >= 4 is 23.0 Å². The first-order valence-electron chi connectivity index (χ1n) is 9.96. The van der Waals surface area contributed by atoms with E-state index in [1.807, 2.05) is 29.6 Å². The van der Waals surface area contributed by atoms with Crippen LogP contribution < -0.4 is 18.9 Å². The molecule has 2 aromatic carbocycles. The molecular weight excluding hydrogens is 448 g/mol. The molecule has 0 aliphatic carbocycles. The molecule has 33 heavy (non-hydrogen) atoms. The van der Waals surface area contributed by atoms with E-state index in [0.717, 1.165) is 16.1 Å². The second-order valence-electron chi connectivity index (χ2n) is 6.89. The number of ether oxygens (including phenoxy) is 5. The Morgan fingerprint density at radius 2 is 1.91 bits per heavy atom. The van der Waals surface area contributed by atoms with Gasteiger partial charge in [-0.2, -0.15) is 0 Å². The molecule has 172 valence electrons. The minimum absolute atomic E-state index is 0.0385. The van der Waals surface area contributed by atoms with E-state index >= 15 is 0 Å². The van der Waals surface area contributed by atoms with Gasteiger partial charge in [-0.15, -0.1) is 11.3 Å². The second kappa shape index (κ2) is 10.2. The van der Waals surface area contributed by atoms with Gasteiger partial charge in [0.2, 0.25) is 13.4 Å². The van der Waals surface area contributed by atoms with Crippen molar-refractivity contribution in [1.29, 1.82) is 0 Å². The molecular formula is C23H22N2O7S. The van der Waals surface area contributed by atoms with Crippen LogP contribution in [-0.4, -0.2) is 44.3 Å². The smallest absolute Gasteiger partial charge is 0.347 e. The Kier molecular flexibility index (Phi) is 6.94. The summed E-state index contributed by atoms with van der Waals surface area (Å²) < 4.78 is 26.5. The molecule has 0 unspecified atom stereocenters. The third kappa shape index (κ3) is 5.35. The lowest BCUT2D eigenvalue weighted by Gasteiger charge is -2.08. The van der Waals surface area contributed by atoms with Crippen molar-refractivity contribution in [3.63, 3.8) is 0 Å². The summed E-state index contributed by atoms with van der Waals surface area (Å²) in [7, 11) is 3.16. The molecule has 4 rings (SSSR count). The van der Waals surface area contributed by atoms with Gasteiger partial charge in [0.05, 0.1) is 25.6 Å². The number of fused-ring (bicyclic) bond motifs is 1. The van der Waals surface area contributed by atoms with E-state index in [1.165, 1.54) is 11.3 Å². The number of hydrogen-bond donors (Lipinski definition) is 0. The number of carbonyl (C=O) groups is 1. The molecule has 0 N–H and O–H groups in total. The van der Waals surface area contributed by atoms with Gasteiger partial charge in [0.25, 0.3) is 0 Å². The quantitative estimate of drug-likeness (QED) is 0.263. The SMILES string of the molecule is COc1ccc(-c2nc(COC(=O)CO/N=C(\C)c3ccc4c(c3)OCO4)cs2)cc1OC. The van der Waals surface area contributed by atoms with E-state index in [9.17, 15) is 4.79 Å². The highest BCUT2D eigenvalue weighted by molar-refractivity contribution is 7.13. The van der Waals surface area contributed by atoms with Gasteiger partial charge in [0.15, 0.2) is 23.0 Å². The fraction of sp³-hybridized carbons (Fsp3) is 0.261. The number of oxime groups is 1. The summed E-state index contributed by atoms with van der Waals surface area (Å²) in [6.45, 7) is 1.70. The van der Waals surface area contributed by atoms with Crippen molar-refractivity contribution in [3.8, 4) is 33.6 Å². The number of methoxy groups -OCH3 is 2. The van der Waals surface area contributed by atoms with Crippen LogP contribution in [-0.2, 0) is 21.0 Å². The number of benzene rings is 2. The Morgan fingerprint density at radius 3 is 2.73 bits per heavy atom. The van der Waals surface area contributed by atoms with Gasteiger partial charge >= 0.3 is 5.97 Å². The van der Waals surface area contributed by atoms with Crippen LogP contribution in [0.25, 0.3) is 10.6 Å². The maximum absolute atomic E-state index is 12.0. The van der Waals surface area contributed by atoms with Crippen LogP contribution in [0.4, 0.5) is 0 Å². The first-order chi connectivity index (χ1) is 16.1. The van der Waals surface area contributed by atoms with Crippen molar-refractivity contribution in [3.05, 3.63) is 53.0 Å². The average Bonchev–Trinajstić information content (AvgIpc) is 3.51. The van der Waals surface area contributed by atoms with Crippen LogP contribution >= 0.6 is 11.3 Å². The zero-order chi connectivity index (χ0) is 23.2. The van der Waals surface area contributed by atoms with Crippen molar-refractivity contribution in [2.75, 3.05) is 27.6 Å². The first kappa shape index (κ1) is 22.4. The molecule has 2 heterocycles. The number of esters is 1. The van der Waals surface area contributed by atoms with E-state index in [1.54, 1.807) is 33.3 Å². The molecule has 3 aromatic rings. The van der Waals surface area contributed by atoms with Crippen molar-refractivity contribution in [2.24, 2.45) is 5.16 Å². The second-order valence-corrected chi connectivity index (χ2v) is 7.75. The third-order valence-corrected chi connectivity index (χ3v) is 5.68. The summed E-state index contributed by atoms with van der Waals surface area (Å²) in [5, 5.41) is 6.59. The first-order valence-corrected chi connectivity index (χ1v) is 10.8. The number of hydrogen-bond acceptors (Lipinski definition) is 10. The molecule has 1 aliphatic heterocycles. The van der Waals surface area contributed by atoms with Gasteiger partial charge < -0.3 is 28.5 Å². The summed E-state index contributed by atoms with van der Waals surface area (Å²) >= 11 is 1.44. The summed E-state index contributed by atoms with van der Waals surface area (Å²) in [5.74, 6) is 2.05. The molecule has 0 atom stereocenters. The summed E-state index contributed by atoms with van der Waals surface area (Å²) in [4.78, 5) is 21.7. The third-order valence-electron chi connectivity index (χ3n) is 4.74. The fourth-order valence-corrected chi connectivity index (χ4v) is 3.83. The molecule has 0 spiro atoms. The molecule has 0 amide bonds. The number of nitrogens with zero attached hydrogens (tertiary/aromatic N) is 2. The molecule has 0 saturated carbocycles. The van der Waals surface area contributed by atoms with E-state index in [4.69, 9.17) is 28.5 Å². The van der Waals surface area contributed by atoms with E-state index < -0.39 is 5.97 Å². The summed E-state index contributed by atoms with van der Waals surface area (Å²) in [6.07, 6.45) is 0. The Labute approximate surface area is 194 Å². The highest BCUT2D eigenvalue weighted by Crippen LogP contribution is 2.34. The van der Waals surface area contributed by atoms with Gasteiger partial charge in [0.1, 0.15) is 11.6 Å². The standard InChI is InChI=1S/C23H22N2O7S/c1-14(15-4-7-19-21(8-15)31-13-30-19)25-32-11-22(26)29-10-17-12-33-23(24-17)16-5-6-18(27-2)20(9-16)28-3/h4-9,12H,10-11,13H2,1-3H3/b25-14+. The number of aromatic nitrogens is 1. The number of rotatable bonds is 9. The van der Waals surface area contributed by atoms with Crippen molar-refractivity contribution in [2.45, 2.75) is 13.5 Å². The molecule has 0 fully saturated rings. The van der Waals surface area contributed by atoms with Gasteiger partial charge in [-0.05, 0) is 43.3 Å². The maximum atomic E-state index is 12.0. The van der Waals surface area contributed by atoms with Crippen LogP contribution in [0.3, 0.4) is 0 Å². The highest BCUT2D eigenvalue weighted by atomic mass is 32.1. The van der Waals surface area contributed by atoms with Crippen LogP contribution in [0.1, 0.15) is 18.2 Å². The van der Waals surface area contributed by atoms with Crippen LogP contribution in [0, 0.1) is 0 Å². The Hall–Kier alpha value is -3.79. The minimum Gasteiger partial charge on any atom is -0.493 e. The largest absolute Gasteiger partial charge is 0.493 e. The minimum atomic E-state index is -0.544. The van der Waals surface area contributed by atoms with E-state index in [-0.39, 0.29) is 20.0 Å². The van der Waals surface area contributed by atoms with E-state index in [2.05, 4.69) is 10.1 Å². The van der Waals surface area contributed by atoms with Crippen LogP contribution in [0.15, 0.2) is 46.9 Å². The predicted octanol–water partition coefficient (Wildman–Crippen LogP) is 4.04. The molecule has 1 aliphatic rings. The van der Waals surface area contributed by atoms with Gasteiger partial charge in [-0.25, -0.2) is 9.78 Å². The van der Waals surface area contributed by atoms with Crippen LogP contribution in [0.5, 0.6) is 23.0 Å².